The van der Waals surface area contributed by atoms with E-state index in [1.165, 1.54) is 32.5 Å². The van der Waals surface area contributed by atoms with Gasteiger partial charge in [-0.2, -0.15) is 0 Å². The summed E-state index contributed by atoms with van der Waals surface area (Å²) in [5.74, 6) is 1.78. The molecule has 0 aromatic heterocycles. The zero-order valence-corrected chi connectivity index (χ0v) is 10.9. The Hall–Kier alpha value is -0.0800. The second-order valence-electron chi connectivity index (χ2n) is 5.63. The van der Waals surface area contributed by atoms with Crippen LogP contribution < -0.4 is 5.32 Å². The summed E-state index contributed by atoms with van der Waals surface area (Å²) in [6.07, 6.45) is 2.90. The highest BCUT2D eigenvalue weighted by Gasteiger charge is 2.20. The minimum atomic E-state index is 0.676. The monoisotopic (exact) mass is 212 g/mol. The van der Waals surface area contributed by atoms with Gasteiger partial charge in [0.15, 0.2) is 0 Å². The lowest BCUT2D eigenvalue weighted by Gasteiger charge is -2.28. The molecule has 1 saturated carbocycles. The molecule has 0 unspecified atom stereocenters. The zero-order valence-electron chi connectivity index (χ0n) is 10.9. The number of hydrogen-bond donors (Lipinski definition) is 1. The van der Waals surface area contributed by atoms with Crippen molar-refractivity contribution < 1.29 is 0 Å². The van der Waals surface area contributed by atoms with Crippen molar-refractivity contribution in [3.8, 4) is 0 Å². The maximum Gasteiger partial charge on any atom is 0.0110 e. The van der Waals surface area contributed by atoms with Crippen molar-refractivity contribution in [3.63, 3.8) is 0 Å². The molecule has 1 N–H and O–H groups in total. The molecule has 2 nitrogen and oxygen atoms in total. The molecule has 15 heavy (non-hydrogen) atoms. The summed E-state index contributed by atoms with van der Waals surface area (Å²) in [4.78, 5) is 2.57. The minimum absolute atomic E-state index is 0.676. The van der Waals surface area contributed by atoms with Gasteiger partial charge < -0.3 is 5.32 Å². The number of rotatable bonds is 8. The van der Waals surface area contributed by atoms with Gasteiger partial charge in [0.05, 0.1) is 0 Å². The van der Waals surface area contributed by atoms with Gasteiger partial charge in [0.2, 0.25) is 0 Å². The Morgan fingerprint density at radius 3 is 2.33 bits per heavy atom. The van der Waals surface area contributed by atoms with E-state index in [0.29, 0.717) is 6.04 Å². The molecule has 0 spiro atoms. The molecule has 0 aliphatic heterocycles. The molecular formula is C13H28N2. The van der Waals surface area contributed by atoms with Crippen LogP contribution in [0.15, 0.2) is 0 Å². The summed E-state index contributed by atoms with van der Waals surface area (Å²) in [7, 11) is 0. The normalized spacial score (nSPS) is 17.0. The van der Waals surface area contributed by atoms with E-state index in [4.69, 9.17) is 0 Å². The van der Waals surface area contributed by atoms with Crippen LogP contribution in [0.1, 0.15) is 40.5 Å². The fourth-order valence-electron chi connectivity index (χ4n) is 1.88. The summed E-state index contributed by atoms with van der Waals surface area (Å²) < 4.78 is 0. The van der Waals surface area contributed by atoms with Crippen LogP contribution in [-0.2, 0) is 0 Å². The summed E-state index contributed by atoms with van der Waals surface area (Å²) in [5, 5.41) is 3.56. The van der Waals surface area contributed by atoms with Crippen LogP contribution in [0, 0.1) is 11.8 Å². The molecule has 0 heterocycles. The van der Waals surface area contributed by atoms with Gasteiger partial charge in [-0.1, -0.05) is 13.8 Å². The first-order chi connectivity index (χ1) is 7.09. The molecule has 0 radical (unpaired) electrons. The molecule has 0 aromatic carbocycles. The Kier molecular flexibility index (Phi) is 5.62. The van der Waals surface area contributed by atoms with E-state index in [1.807, 2.05) is 0 Å². The first kappa shape index (κ1) is 13.0. The molecule has 1 aliphatic rings. The molecule has 2 heteroatoms. The Balaban J connectivity index is 2.06. The Morgan fingerprint density at radius 1 is 1.20 bits per heavy atom. The highest BCUT2D eigenvalue weighted by molar-refractivity contribution is 4.75. The maximum absolute atomic E-state index is 3.56. The van der Waals surface area contributed by atoms with Crippen LogP contribution in [0.3, 0.4) is 0 Å². The lowest BCUT2D eigenvalue weighted by molar-refractivity contribution is 0.198. The van der Waals surface area contributed by atoms with Crippen LogP contribution >= 0.6 is 0 Å². The van der Waals surface area contributed by atoms with Gasteiger partial charge in [-0.05, 0) is 45.1 Å². The Labute approximate surface area is 95.4 Å². The van der Waals surface area contributed by atoms with Crippen LogP contribution in [0.4, 0.5) is 0 Å². The van der Waals surface area contributed by atoms with Crippen molar-refractivity contribution in [3.05, 3.63) is 0 Å². The van der Waals surface area contributed by atoms with Gasteiger partial charge in [0.25, 0.3) is 0 Å². The first-order valence-electron chi connectivity index (χ1n) is 6.54. The maximum atomic E-state index is 3.56. The molecule has 1 rings (SSSR count). The first-order valence-corrected chi connectivity index (χ1v) is 6.54. The second kappa shape index (κ2) is 6.49. The smallest absolute Gasteiger partial charge is 0.0110 e. The average molecular weight is 212 g/mol. The zero-order chi connectivity index (χ0) is 11.3. The Morgan fingerprint density at radius 2 is 1.87 bits per heavy atom. The quantitative estimate of drug-likeness (QED) is 0.621. The lowest BCUT2D eigenvalue weighted by atomic mass is 10.2. The van der Waals surface area contributed by atoms with Gasteiger partial charge in [0.1, 0.15) is 0 Å². The van der Waals surface area contributed by atoms with Gasteiger partial charge in [-0.25, -0.2) is 0 Å². The summed E-state index contributed by atoms with van der Waals surface area (Å²) in [6, 6.07) is 0.676. The van der Waals surface area contributed by atoms with Crippen LogP contribution in [-0.4, -0.2) is 37.1 Å². The average Bonchev–Trinajstić information content (AvgIpc) is 2.93. The largest absolute Gasteiger partial charge is 0.315 e. The molecule has 1 fully saturated rings. The van der Waals surface area contributed by atoms with Crippen LogP contribution in [0.25, 0.3) is 0 Å². The van der Waals surface area contributed by atoms with Gasteiger partial charge in [-0.3, -0.25) is 4.90 Å². The van der Waals surface area contributed by atoms with E-state index < -0.39 is 0 Å². The third-order valence-electron chi connectivity index (χ3n) is 3.04. The minimum Gasteiger partial charge on any atom is -0.315 e. The van der Waals surface area contributed by atoms with Crippen LogP contribution in [0.2, 0.25) is 0 Å². The van der Waals surface area contributed by atoms with Crippen molar-refractivity contribution >= 4 is 0 Å². The molecule has 0 saturated heterocycles. The highest BCUT2D eigenvalue weighted by atomic mass is 15.2. The van der Waals surface area contributed by atoms with Gasteiger partial charge in [-0.15, -0.1) is 0 Å². The predicted molar refractivity (Wildman–Crippen MR) is 67.1 cm³/mol. The lowest BCUT2D eigenvalue weighted by Crippen LogP contribution is -2.39. The third kappa shape index (κ3) is 6.16. The predicted octanol–water partition coefficient (Wildman–Crippen LogP) is 2.35. The Bertz CT molecular complexity index is 162. The van der Waals surface area contributed by atoms with Crippen molar-refractivity contribution in [2.24, 2.45) is 11.8 Å². The SMILES string of the molecule is CC(C)CN(CCNCC1CC1)C(C)C. The van der Waals surface area contributed by atoms with E-state index in [-0.39, 0.29) is 0 Å². The summed E-state index contributed by atoms with van der Waals surface area (Å²) in [6.45, 7) is 14.0. The third-order valence-corrected chi connectivity index (χ3v) is 3.04. The highest BCUT2D eigenvalue weighted by Crippen LogP contribution is 2.27. The van der Waals surface area contributed by atoms with E-state index in [1.54, 1.807) is 0 Å². The molecular weight excluding hydrogens is 184 g/mol. The van der Waals surface area contributed by atoms with Crippen molar-refractivity contribution in [1.82, 2.24) is 10.2 Å². The van der Waals surface area contributed by atoms with E-state index in [9.17, 15) is 0 Å². The molecule has 0 aromatic rings. The van der Waals surface area contributed by atoms with Crippen LogP contribution in [0.5, 0.6) is 0 Å². The van der Waals surface area contributed by atoms with Gasteiger partial charge in [0, 0.05) is 25.7 Å². The van der Waals surface area contributed by atoms with E-state index in [0.717, 1.165) is 18.4 Å². The number of nitrogens with zero attached hydrogens (tertiary/aromatic N) is 1. The van der Waals surface area contributed by atoms with Crippen molar-refractivity contribution in [2.75, 3.05) is 26.2 Å². The van der Waals surface area contributed by atoms with Crippen molar-refractivity contribution in [1.29, 1.82) is 0 Å². The fraction of sp³-hybridized carbons (Fsp3) is 1.00. The topological polar surface area (TPSA) is 15.3 Å². The van der Waals surface area contributed by atoms with E-state index >= 15 is 0 Å². The molecule has 0 amide bonds. The molecule has 0 bridgehead atoms. The molecule has 0 atom stereocenters. The number of nitrogens with one attached hydrogen (secondary N) is 1. The molecule has 1 aliphatic carbocycles. The van der Waals surface area contributed by atoms with Crippen molar-refractivity contribution in [2.45, 2.75) is 46.6 Å². The molecule has 90 valence electrons. The standard InChI is InChI=1S/C13H28N2/c1-11(2)10-15(12(3)4)8-7-14-9-13-5-6-13/h11-14H,5-10H2,1-4H3. The second-order valence-corrected chi connectivity index (χ2v) is 5.63. The van der Waals surface area contributed by atoms with Gasteiger partial charge >= 0.3 is 0 Å². The fourth-order valence-corrected chi connectivity index (χ4v) is 1.88. The van der Waals surface area contributed by atoms with E-state index in [2.05, 4.69) is 37.9 Å². The summed E-state index contributed by atoms with van der Waals surface area (Å²) >= 11 is 0. The summed E-state index contributed by atoms with van der Waals surface area (Å²) in [5.41, 5.74) is 0. The number of hydrogen-bond acceptors (Lipinski definition) is 2.